The molecular weight excluding hydrogens is 366 g/mol. The lowest BCUT2D eigenvalue weighted by Gasteiger charge is -2.12. The summed E-state index contributed by atoms with van der Waals surface area (Å²) in [5, 5.41) is 0. The van der Waals surface area contributed by atoms with Crippen LogP contribution in [0.4, 0.5) is 20.2 Å². The number of aryl methyl sites for hydroxylation is 1. The van der Waals surface area contributed by atoms with Crippen LogP contribution in [0.25, 0.3) is 0 Å². The van der Waals surface area contributed by atoms with Gasteiger partial charge in [0.05, 0.1) is 5.69 Å². The first-order chi connectivity index (χ1) is 9.72. The van der Waals surface area contributed by atoms with E-state index >= 15 is 0 Å². The van der Waals surface area contributed by atoms with Gasteiger partial charge < -0.3 is 5.73 Å². The molecule has 0 amide bonds. The van der Waals surface area contributed by atoms with Crippen LogP contribution in [-0.2, 0) is 10.0 Å². The van der Waals surface area contributed by atoms with Crippen LogP contribution >= 0.6 is 15.9 Å². The fourth-order valence-corrected chi connectivity index (χ4v) is 3.31. The molecule has 2 aromatic carbocycles. The number of nitrogen functional groups attached to an aromatic ring is 1. The van der Waals surface area contributed by atoms with Crippen molar-refractivity contribution >= 4 is 37.3 Å². The Balaban J connectivity index is 2.49. The number of rotatable bonds is 3. The minimum atomic E-state index is -4.22. The third-order valence-corrected chi connectivity index (χ3v) is 4.82. The Hall–Kier alpha value is -1.67. The van der Waals surface area contributed by atoms with Crippen molar-refractivity contribution in [1.82, 2.24) is 0 Å². The lowest BCUT2D eigenvalue weighted by molar-refractivity contribution is 0.557. The van der Waals surface area contributed by atoms with E-state index in [0.717, 1.165) is 17.7 Å². The summed E-state index contributed by atoms with van der Waals surface area (Å²) in [7, 11) is -4.22. The third kappa shape index (κ3) is 3.16. The van der Waals surface area contributed by atoms with Crippen molar-refractivity contribution in [1.29, 1.82) is 0 Å². The number of anilines is 2. The van der Waals surface area contributed by atoms with Crippen LogP contribution in [0.5, 0.6) is 0 Å². The molecule has 0 aromatic heterocycles. The van der Waals surface area contributed by atoms with E-state index in [1.54, 1.807) is 25.1 Å². The van der Waals surface area contributed by atoms with Gasteiger partial charge in [-0.05, 0) is 52.7 Å². The van der Waals surface area contributed by atoms with E-state index in [1.807, 2.05) is 0 Å². The van der Waals surface area contributed by atoms with Crippen molar-refractivity contribution in [3.8, 4) is 0 Å². The maximum atomic E-state index is 13.8. The zero-order valence-electron chi connectivity index (χ0n) is 10.8. The number of nitrogens with two attached hydrogens (primary N) is 1. The zero-order valence-corrected chi connectivity index (χ0v) is 13.2. The molecule has 0 aliphatic carbocycles. The molecule has 0 fully saturated rings. The Morgan fingerprint density at radius 2 is 1.86 bits per heavy atom. The smallest absolute Gasteiger partial charge is 0.264 e. The Morgan fingerprint density at radius 1 is 1.19 bits per heavy atom. The fourth-order valence-electron chi connectivity index (χ4n) is 1.67. The number of nitrogens with one attached hydrogen (secondary N) is 1. The second-order valence-electron chi connectivity index (χ2n) is 4.36. The fraction of sp³-hybridized carbons (Fsp3) is 0.0769. The molecule has 3 N–H and O–H groups in total. The second-order valence-corrected chi connectivity index (χ2v) is 6.87. The summed E-state index contributed by atoms with van der Waals surface area (Å²) >= 11 is 3.19. The van der Waals surface area contributed by atoms with Gasteiger partial charge in [-0.25, -0.2) is 17.2 Å². The predicted molar refractivity (Wildman–Crippen MR) is 80.5 cm³/mol. The summed E-state index contributed by atoms with van der Waals surface area (Å²) in [6.07, 6.45) is 0. The molecule has 112 valence electrons. The van der Waals surface area contributed by atoms with Gasteiger partial charge in [0.1, 0.15) is 16.4 Å². The van der Waals surface area contributed by atoms with Crippen molar-refractivity contribution < 1.29 is 17.2 Å². The van der Waals surface area contributed by atoms with Crippen LogP contribution < -0.4 is 10.5 Å². The molecule has 0 heterocycles. The first-order valence-corrected chi connectivity index (χ1v) is 8.02. The molecule has 4 nitrogen and oxygen atoms in total. The number of benzene rings is 2. The van der Waals surface area contributed by atoms with Gasteiger partial charge in [0.25, 0.3) is 10.0 Å². The summed E-state index contributed by atoms with van der Waals surface area (Å²) in [6, 6.07) is 6.64. The summed E-state index contributed by atoms with van der Waals surface area (Å²) < 4.78 is 54.1. The molecule has 0 saturated carbocycles. The first-order valence-electron chi connectivity index (χ1n) is 5.75. The number of sulfonamides is 1. The summed E-state index contributed by atoms with van der Waals surface area (Å²) in [4.78, 5) is -0.713. The van der Waals surface area contributed by atoms with Gasteiger partial charge in [0.2, 0.25) is 0 Å². The minimum Gasteiger partial charge on any atom is -0.394 e. The molecule has 0 saturated heterocycles. The predicted octanol–water partition coefficient (Wildman–Crippen LogP) is 3.42. The molecule has 0 aliphatic rings. The zero-order chi connectivity index (χ0) is 15.8. The van der Waals surface area contributed by atoms with Gasteiger partial charge in [0.15, 0.2) is 5.82 Å². The maximum Gasteiger partial charge on any atom is 0.264 e. The van der Waals surface area contributed by atoms with Crippen molar-refractivity contribution in [2.45, 2.75) is 11.8 Å². The molecule has 0 aliphatic heterocycles. The van der Waals surface area contributed by atoms with Crippen LogP contribution in [0.15, 0.2) is 39.7 Å². The van der Waals surface area contributed by atoms with E-state index in [2.05, 4.69) is 20.7 Å². The van der Waals surface area contributed by atoms with Crippen LogP contribution in [-0.4, -0.2) is 8.42 Å². The lowest BCUT2D eigenvalue weighted by Crippen LogP contribution is -2.16. The Morgan fingerprint density at radius 3 is 2.52 bits per heavy atom. The molecule has 0 atom stereocenters. The summed E-state index contributed by atoms with van der Waals surface area (Å²) in [6.45, 7) is 1.78. The lowest BCUT2D eigenvalue weighted by atomic mass is 10.2. The van der Waals surface area contributed by atoms with Crippen molar-refractivity contribution in [3.05, 3.63) is 52.0 Å². The van der Waals surface area contributed by atoms with Gasteiger partial charge in [-0.2, -0.15) is 0 Å². The topological polar surface area (TPSA) is 72.2 Å². The average molecular weight is 377 g/mol. The van der Waals surface area contributed by atoms with Crippen LogP contribution in [0.3, 0.4) is 0 Å². The minimum absolute atomic E-state index is 0.247. The van der Waals surface area contributed by atoms with Crippen LogP contribution in [0, 0.1) is 18.6 Å². The van der Waals surface area contributed by atoms with Gasteiger partial charge in [-0.1, -0.05) is 6.07 Å². The highest BCUT2D eigenvalue weighted by Gasteiger charge is 2.23. The monoisotopic (exact) mass is 376 g/mol. The number of hydrogen-bond acceptors (Lipinski definition) is 3. The molecule has 8 heteroatoms. The Bertz CT molecular complexity index is 810. The van der Waals surface area contributed by atoms with E-state index in [0.29, 0.717) is 4.47 Å². The van der Waals surface area contributed by atoms with Crippen LogP contribution in [0.1, 0.15) is 5.56 Å². The van der Waals surface area contributed by atoms with E-state index in [9.17, 15) is 17.2 Å². The van der Waals surface area contributed by atoms with Gasteiger partial charge in [-0.15, -0.1) is 0 Å². The molecular formula is C13H11BrF2N2O2S. The second kappa shape index (κ2) is 5.61. The largest absolute Gasteiger partial charge is 0.394 e. The summed E-state index contributed by atoms with van der Waals surface area (Å²) in [5.74, 6) is -2.32. The van der Waals surface area contributed by atoms with Gasteiger partial charge in [0, 0.05) is 4.47 Å². The van der Waals surface area contributed by atoms with Crippen molar-refractivity contribution in [3.63, 3.8) is 0 Å². The first kappa shape index (κ1) is 15.7. The quantitative estimate of drug-likeness (QED) is 0.806. The standard InChI is InChI=1S/C13H11BrF2N2O2S/c1-7-2-3-8(14)10(6-7)18-21(19,20)11-5-4-9(15)13(17)12(11)16/h2-6,18H,17H2,1H3. The molecule has 21 heavy (non-hydrogen) atoms. The SMILES string of the molecule is Cc1ccc(Br)c(NS(=O)(=O)c2ccc(F)c(N)c2F)c1. The van der Waals surface area contributed by atoms with Crippen molar-refractivity contribution in [2.75, 3.05) is 10.5 Å². The molecule has 2 rings (SSSR count). The van der Waals surface area contributed by atoms with Gasteiger partial charge >= 0.3 is 0 Å². The highest BCUT2D eigenvalue weighted by atomic mass is 79.9. The number of hydrogen-bond donors (Lipinski definition) is 2. The van der Waals surface area contributed by atoms with Crippen molar-refractivity contribution in [2.24, 2.45) is 0 Å². The third-order valence-electron chi connectivity index (χ3n) is 2.75. The normalized spacial score (nSPS) is 11.4. The molecule has 0 bridgehead atoms. The summed E-state index contributed by atoms with van der Waals surface area (Å²) in [5.41, 5.74) is 5.41. The Kier molecular flexibility index (Phi) is 4.20. The highest BCUT2D eigenvalue weighted by Crippen LogP contribution is 2.28. The molecule has 2 aromatic rings. The highest BCUT2D eigenvalue weighted by molar-refractivity contribution is 9.10. The van der Waals surface area contributed by atoms with Gasteiger partial charge in [-0.3, -0.25) is 4.72 Å². The molecule has 0 radical (unpaired) electrons. The molecule has 0 spiro atoms. The average Bonchev–Trinajstić information content (AvgIpc) is 2.39. The van der Waals surface area contributed by atoms with E-state index in [4.69, 9.17) is 5.73 Å². The van der Waals surface area contributed by atoms with E-state index in [1.165, 1.54) is 0 Å². The maximum absolute atomic E-state index is 13.8. The molecule has 0 unspecified atom stereocenters. The number of halogens is 3. The Labute approximate surface area is 129 Å². The van der Waals surface area contributed by atoms with E-state index in [-0.39, 0.29) is 5.69 Å². The van der Waals surface area contributed by atoms with E-state index < -0.39 is 32.2 Å². The van der Waals surface area contributed by atoms with Crippen LogP contribution in [0.2, 0.25) is 0 Å².